The minimum absolute atomic E-state index is 0.365. The van der Waals surface area contributed by atoms with Crippen LogP contribution in [-0.2, 0) is 6.42 Å². The number of halogens is 1. The highest BCUT2D eigenvalue weighted by Gasteiger charge is 2.07. The number of rotatable bonds is 3. The molecule has 2 N–H and O–H groups in total. The van der Waals surface area contributed by atoms with Crippen molar-refractivity contribution in [1.29, 1.82) is 10.8 Å². The maximum atomic E-state index is 8.22. The highest BCUT2D eigenvalue weighted by Crippen LogP contribution is 2.14. The Kier molecular flexibility index (Phi) is 3.82. The number of aromatic nitrogens is 1. The number of aryl methyl sites for hydroxylation is 1. The van der Waals surface area contributed by atoms with Gasteiger partial charge in [0.1, 0.15) is 11.3 Å². The Morgan fingerprint density at radius 2 is 2.06 bits per heavy atom. The molecule has 0 saturated carbocycles. The normalized spacial score (nSPS) is 10.8. The van der Waals surface area contributed by atoms with Crippen LogP contribution < -0.4 is 5.49 Å². The smallest absolute Gasteiger partial charge is 0.134 e. The predicted octanol–water partition coefficient (Wildman–Crippen LogP) is 3.14. The monoisotopic (exact) mass is 261 g/mol. The fraction of sp³-hybridized carbons (Fsp3) is 0.286. The summed E-state index contributed by atoms with van der Waals surface area (Å²) in [6.07, 6.45) is 1.63. The molecule has 3 nitrogen and oxygen atoms in total. The summed E-state index contributed by atoms with van der Waals surface area (Å²) in [6.45, 7) is 1.70. The van der Waals surface area contributed by atoms with E-state index in [2.05, 4.69) is 0 Å². The number of nitrogens with zero attached hydrogens (tertiary/aromatic N) is 1. The van der Waals surface area contributed by atoms with Crippen molar-refractivity contribution in [2.24, 2.45) is 0 Å². The van der Waals surface area contributed by atoms with E-state index in [0.29, 0.717) is 17.2 Å². The van der Waals surface area contributed by atoms with E-state index in [4.69, 9.17) is 22.4 Å². The van der Waals surface area contributed by atoms with Gasteiger partial charge in [-0.15, -0.1) is 11.6 Å². The molecule has 4 heteroatoms. The molecule has 0 spiro atoms. The van der Waals surface area contributed by atoms with Crippen LogP contribution in [0, 0.1) is 10.8 Å². The number of benzene rings is 1. The summed E-state index contributed by atoms with van der Waals surface area (Å²) in [6, 6.07) is 9.89. The zero-order valence-corrected chi connectivity index (χ0v) is 11.1. The number of para-hydroxylation sites is 1. The molecule has 1 aromatic carbocycles. The maximum absolute atomic E-state index is 8.22. The van der Waals surface area contributed by atoms with E-state index < -0.39 is 0 Å². The van der Waals surface area contributed by atoms with Crippen LogP contribution in [0.15, 0.2) is 30.3 Å². The molecule has 0 bridgehead atoms. The summed E-state index contributed by atoms with van der Waals surface area (Å²) < 4.78 is 1.68. The molecule has 0 unspecified atom stereocenters. The van der Waals surface area contributed by atoms with E-state index in [1.54, 1.807) is 11.5 Å². The number of hydrogen-bond donors (Lipinski definition) is 2. The second kappa shape index (κ2) is 5.36. The number of hydrogen-bond acceptors (Lipinski definition) is 2. The van der Waals surface area contributed by atoms with Gasteiger partial charge in [-0.3, -0.25) is 15.4 Å². The van der Waals surface area contributed by atoms with Gasteiger partial charge in [-0.25, -0.2) is 0 Å². The predicted molar refractivity (Wildman–Crippen MR) is 75.6 cm³/mol. The molecule has 2 rings (SSSR count). The van der Waals surface area contributed by atoms with E-state index in [1.807, 2.05) is 30.3 Å². The van der Waals surface area contributed by atoms with Gasteiger partial charge in [-0.05, 0) is 42.8 Å². The number of nitrogens with one attached hydrogen (secondary N) is 2. The Labute approximate surface area is 111 Å². The molecule has 0 aliphatic rings. The van der Waals surface area contributed by atoms with Crippen molar-refractivity contribution in [2.45, 2.75) is 19.8 Å². The van der Waals surface area contributed by atoms with Crippen LogP contribution in [0.3, 0.4) is 0 Å². The first-order valence-corrected chi connectivity index (χ1v) is 6.48. The first kappa shape index (κ1) is 12.8. The minimum atomic E-state index is 0.365. The molecule has 1 aromatic heterocycles. The third-order valence-corrected chi connectivity index (χ3v) is 3.22. The molecule has 0 aliphatic heterocycles. The molecule has 0 saturated heterocycles. The molecule has 94 valence electrons. The van der Waals surface area contributed by atoms with Crippen molar-refractivity contribution in [1.82, 2.24) is 4.57 Å². The zero-order chi connectivity index (χ0) is 13.1. The van der Waals surface area contributed by atoms with Crippen molar-refractivity contribution in [3.05, 3.63) is 41.4 Å². The van der Waals surface area contributed by atoms with E-state index in [9.17, 15) is 0 Å². The zero-order valence-electron chi connectivity index (χ0n) is 10.3. The SMILES string of the molecule is CC(=N)n1c(=N)c(CCCCl)cc2ccccc21. The minimum Gasteiger partial charge on any atom is -0.288 e. The highest BCUT2D eigenvalue weighted by molar-refractivity contribution is 6.17. The van der Waals surface area contributed by atoms with E-state index in [1.165, 1.54) is 0 Å². The van der Waals surface area contributed by atoms with Gasteiger partial charge in [-0.2, -0.15) is 0 Å². The van der Waals surface area contributed by atoms with Gasteiger partial charge in [0.2, 0.25) is 0 Å². The van der Waals surface area contributed by atoms with E-state index in [-0.39, 0.29) is 0 Å². The van der Waals surface area contributed by atoms with Crippen LogP contribution in [-0.4, -0.2) is 16.3 Å². The summed E-state index contributed by atoms with van der Waals surface area (Å²) in [5.41, 5.74) is 2.25. The van der Waals surface area contributed by atoms with Crippen molar-refractivity contribution in [3.63, 3.8) is 0 Å². The van der Waals surface area contributed by atoms with Crippen LogP contribution >= 0.6 is 11.6 Å². The van der Waals surface area contributed by atoms with Gasteiger partial charge < -0.3 is 0 Å². The van der Waals surface area contributed by atoms with Crippen LogP contribution in [0.1, 0.15) is 18.9 Å². The number of alkyl halides is 1. The topological polar surface area (TPSA) is 52.6 Å². The fourth-order valence-corrected chi connectivity index (χ4v) is 2.26. The summed E-state index contributed by atoms with van der Waals surface area (Å²) >= 11 is 5.71. The molecule has 1 heterocycles. The van der Waals surface area contributed by atoms with Crippen LogP contribution in [0.5, 0.6) is 0 Å². The Hall–Kier alpha value is -1.61. The molecule has 2 aromatic rings. The van der Waals surface area contributed by atoms with Gasteiger partial charge in [0, 0.05) is 5.88 Å². The van der Waals surface area contributed by atoms with Crippen LogP contribution in [0.25, 0.3) is 10.9 Å². The summed E-state index contributed by atoms with van der Waals surface area (Å²) in [5.74, 6) is 0.958. The Balaban J connectivity index is 2.72. The Morgan fingerprint density at radius 3 is 2.72 bits per heavy atom. The van der Waals surface area contributed by atoms with Crippen molar-refractivity contribution < 1.29 is 0 Å². The maximum Gasteiger partial charge on any atom is 0.134 e. The quantitative estimate of drug-likeness (QED) is 0.485. The average molecular weight is 262 g/mol. The molecule has 0 amide bonds. The first-order chi connectivity index (χ1) is 8.65. The fourth-order valence-electron chi connectivity index (χ4n) is 2.13. The molecule has 0 fully saturated rings. The molecular weight excluding hydrogens is 246 g/mol. The largest absolute Gasteiger partial charge is 0.288 e. The summed E-state index contributed by atoms with van der Waals surface area (Å²) in [5, 5.41) is 17.1. The lowest BCUT2D eigenvalue weighted by Crippen LogP contribution is -2.28. The molecule has 0 radical (unpaired) electrons. The second-order valence-electron chi connectivity index (χ2n) is 4.29. The highest BCUT2D eigenvalue weighted by atomic mass is 35.5. The lowest BCUT2D eigenvalue weighted by atomic mass is 10.1. The van der Waals surface area contributed by atoms with Gasteiger partial charge in [0.15, 0.2) is 0 Å². The lowest BCUT2D eigenvalue weighted by Gasteiger charge is -2.13. The number of fused-ring (bicyclic) bond motifs is 1. The standard InChI is InChI=1S/C14H16ClN3/c1-10(16)18-13-7-3-2-5-11(13)9-12(14(18)17)6-4-8-15/h2-3,5,7,9,16-17H,4,6,8H2,1H3. The van der Waals surface area contributed by atoms with Crippen molar-refractivity contribution in [2.75, 3.05) is 5.88 Å². The molecule has 0 atom stereocenters. The van der Waals surface area contributed by atoms with E-state index in [0.717, 1.165) is 29.3 Å². The third kappa shape index (κ3) is 2.31. The lowest BCUT2D eigenvalue weighted by molar-refractivity contribution is 0.868. The number of pyridine rings is 1. The van der Waals surface area contributed by atoms with E-state index >= 15 is 0 Å². The van der Waals surface area contributed by atoms with Crippen molar-refractivity contribution in [3.8, 4) is 0 Å². The molecular formula is C14H16ClN3. The van der Waals surface area contributed by atoms with Crippen LogP contribution in [0.4, 0.5) is 0 Å². The second-order valence-corrected chi connectivity index (χ2v) is 4.67. The molecule has 18 heavy (non-hydrogen) atoms. The first-order valence-electron chi connectivity index (χ1n) is 5.95. The van der Waals surface area contributed by atoms with Gasteiger partial charge in [0.05, 0.1) is 5.52 Å². The average Bonchev–Trinajstić information content (AvgIpc) is 2.35. The van der Waals surface area contributed by atoms with Gasteiger partial charge in [-0.1, -0.05) is 18.2 Å². The van der Waals surface area contributed by atoms with Gasteiger partial charge in [0.25, 0.3) is 0 Å². The Morgan fingerprint density at radius 1 is 1.33 bits per heavy atom. The van der Waals surface area contributed by atoms with Gasteiger partial charge >= 0.3 is 0 Å². The van der Waals surface area contributed by atoms with Crippen molar-refractivity contribution >= 4 is 28.3 Å². The Bertz CT molecular complexity index is 643. The summed E-state index contributed by atoms with van der Waals surface area (Å²) in [7, 11) is 0. The summed E-state index contributed by atoms with van der Waals surface area (Å²) in [4.78, 5) is 0. The molecule has 0 aliphatic carbocycles. The third-order valence-electron chi connectivity index (χ3n) is 2.95. The van der Waals surface area contributed by atoms with Crippen LogP contribution in [0.2, 0.25) is 0 Å².